The minimum absolute atomic E-state index is 0.0535. The largest absolute Gasteiger partial charge is 0.489 e. The molecule has 2 saturated heterocycles. The molecule has 1 atom stereocenters. The van der Waals surface area contributed by atoms with Crippen LogP contribution < -0.4 is 4.74 Å². The van der Waals surface area contributed by atoms with Gasteiger partial charge in [0.15, 0.2) is 0 Å². The highest BCUT2D eigenvalue weighted by Gasteiger charge is 2.31. The first-order chi connectivity index (χ1) is 10.9. The van der Waals surface area contributed by atoms with Gasteiger partial charge in [-0.1, -0.05) is 26.8 Å². The van der Waals surface area contributed by atoms with E-state index >= 15 is 0 Å². The van der Waals surface area contributed by atoms with Gasteiger partial charge in [-0.15, -0.1) is 0 Å². The maximum Gasteiger partial charge on any atom is 0.126 e. The van der Waals surface area contributed by atoms with Gasteiger partial charge in [0, 0.05) is 38.4 Å². The monoisotopic (exact) mass is 321 g/mol. The number of likely N-dealkylation sites (tertiary alicyclic amines) is 1. The summed E-state index contributed by atoms with van der Waals surface area (Å²) in [4.78, 5) is 2.52. The van der Waals surface area contributed by atoms with E-state index in [0.29, 0.717) is 11.8 Å². The van der Waals surface area contributed by atoms with Crippen LogP contribution in [0.2, 0.25) is 0 Å². The predicted octanol–water partition coefficient (Wildman–Crippen LogP) is 3.76. The lowest BCUT2D eigenvalue weighted by Gasteiger charge is -2.31. The third kappa shape index (κ3) is 4.04. The summed E-state index contributed by atoms with van der Waals surface area (Å²) in [5.74, 6) is 0.476. The number of hydrogen-bond acceptors (Lipinski definition) is 3. The van der Waals surface area contributed by atoms with E-state index in [1.165, 1.54) is 12.1 Å². The summed E-state index contributed by atoms with van der Waals surface area (Å²) in [6.07, 6.45) is 3.39. The minimum Gasteiger partial charge on any atom is -0.489 e. The number of halogens is 1. The predicted molar refractivity (Wildman–Crippen MR) is 89.5 cm³/mol. The summed E-state index contributed by atoms with van der Waals surface area (Å²) in [6, 6.07) is 5.54. The molecular formula is C19H28FNO2. The van der Waals surface area contributed by atoms with Crippen molar-refractivity contribution in [3.63, 3.8) is 0 Å². The second-order valence-electron chi connectivity index (χ2n) is 7.76. The molecular weight excluding hydrogens is 293 g/mol. The average molecular weight is 321 g/mol. The normalized spacial score (nSPS) is 24.1. The Balaban J connectivity index is 1.67. The third-order valence-corrected chi connectivity index (χ3v) is 4.93. The van der Waals surface area contributed by atoms with Crippen LogP contribution in [0.15, 0.2) is 18.2 Å². The van der Waals surface area contributed by atoms with Crippen LogP contribution in [0, 0.1) is 5.82 Å². The molecule has 0 N–H and O–H groups in total. The molecule has 3 rings (SSSR count). The highest BCUT2D eigenvalue weighted by Crippen LogP contribution is 2.33. The zero-order valence-corrected chi connectivity index (χ0v) is 14.5. The Morgan fingerprint density at radius 3 is 2.61 bits per heavy atom. The van der Waals surface area contributed by atoms with Crippen LogP contribution in [-0.2, 0) is 10.2 Å². The number of hydrogen-bond donors (Lipinski definition) is 0. The van der Waals surface area contributed by atoms with Gasteiger partial charge in [-0.2, -0.15) is 0 Å². The molecule has 1 aromatic rings. The van der Waals surface area contributed by atoms with Gasteiger partial charge < -0.3 is 9.47 Å². The second-order valence-corrected chi connectivity index (χ2v) is 7.76. The van der Waals surface area contributed by atoms with Gasteiger partial charge in [0.1, 0.15) is 17.7 Å². The van der Waals surface area contributed by atoms with Gasteiger partial charge in [-0.25, -0.2) is 4.39 Å². The van der Waals surface area contributed by atoms with Crippen molar-refractivity contribution in [1.82, 2.24) is 4.90 Å². The van der Waals surface area contributed by atoms with Crippen LogP contribution in [0.4, 0.5) is 4.39 Å². The molecule has 2 aliphatic heterocycles. The molecule has 0 aliphatic carbocycles. The van der Waals surface area contributed by atoms with Gasteiger partial charge >= 0.3 is 0 Å². The Kier molecular flexibility index (Phi) is 4.93. The fraction of sp³-hybridized carbons (Fsp3) is 0.684. The summed E-state index contributed by atoms with van der Waals surface area (Å²) in [7, 11) is 0. The fourth-order valence-corrected chi connectivity index (χ4v) is 3.62. The summed E-state index contributed by atoms with van der Waals surface area (Å²) >= 11 is 0. The summed E-state index contributed by atoms with van der Waals surface area (Å²) in [5.41, 5.74) is 1.02. The van der Waals surface area contributed by atoms with Gasteiger partial charge in [-0.05, 0) is 36.3 Å². The number of benzene rings is 1. The summed E-state index contributed by atoms with van der Waals surface area (Å²) in [5, 5.41) is 0. The maximum absolute atomic E-state index is 13.7. The van der Waals surface area contributed by atoms with Crippen LogP contribution in [0.5, 0.6) is 5.75 Å². The van der Waals surface area contributed by atoms with Crippen LogP contribution in [-0.4, -0.2) is 43.3 Å². The van der Waals surface area contributed by atoms with E-state index < -0.39 is 0 Å². The lowest BCUT2D eigenvalue weighted by molar-refractivity contribution is 0.0387. The van der Waals surface area contributed by atoms with Gasteiger partial charge in [0.05, 0.1) is 0 Å². The lowest BCUT2D eigenvalue weighted by Crippen LogP contribution is -2.38. The standard InChI is InChI=1S/C19H28FNO2/c1-19(2,3)17-5-4-14(20)12-18(17)23-16-6-9-21(13-16)15-7-10-22-11-8-15/h4-5,12,15-16H,6-11,13H2,1-3H3/t16-/m1/s1. The highest BCUT2D eigenvalue weighted by atomic mass is 19.1. The summed E-state index contributed by atoms with van der Waals surface area (Å²) < 4.78 is 25.3. The quantitative estimate of drug-likeness (QED) is 0.846. The number of rotatable bonds is 3. The lowest BCUT2D eigenvalue weighted by atomic mass is 9.86. The third-order valence-electron chi connectivity index (χ3n) is 4.93. The number of nitrogens with zero attached hydrogens (tertiary/aromatic N) is 1. The Bertz CT molecular complexity index is 535. The molecule has 4 heteroatoms. The smallest absolute Gasteiger partial charge is 0.126 e. The molecule has 0 aromatic heterocycles. The first-order valence-electron chi connectivity index (χ1n) is 8.72. The van der Waals surface area contributed by atoms with E-state index in [9.17, 15) is 4.39 Å². The van der Waals surface area contributed by atoms with Crippen molar-refractivity contribution >= 4 is 0 Å². The topological polar surface area (TPSA) is 21.7 Å². The van der Waals surface area contributed by atoms with Gasteiger partial charge in [0.25, 0.3) is 0 Å². The van der Waals surface area contributed by atoms with E-state index in [1.54, 1.807) is 0 Å². The van der Waals surface area contributed by atoms with E-state index in [0.717, 1.165) is 51.1 Å². The van der Waals surface area contributed by atoms with E-state index in [1.807, 2.05) is 6.07 Å². The fourth-order valence-electron chi connectivity index (χ4n) is 3.62. The van der Waals surface area contributed by atoms with Crippen LogP contribution in [0.3, 0.4) is 0 Å². The van der Waals surface area contributed by atoms with E-state index in [4.69, 9.17) is 9.47 Å². The zero-order chi connectivity index (χ0) is 16.4. The molecule has 0 unspecified atom stereocenters. The van der Waals surface area contributed by atoms with Crippen molar-refractivity contribution in [3.05, 3.63) is 29.6 Å². The zero-order valence-electron chi connectivity index (χ0n) is 14.5. The molecule has 1 aromatic carbocycles. The molecule has 3 nitrogen and oxygen atoms in total. The highest BCUT2D eigenvalue weighted by molar-refractivity contribution is 5.39. The molecule has 0 amide bonds. The molecule has 2 fully saturated rings. The molecule has 0 saturated carbocycles. The Hall–Kier alpha value is -1.13. The Labute approximate surface area is 138 Å². The summed E-state index contributed by atoms with van der Waals surface area (Å²) in [6.45, 7) is 10.1. The maximum atomic E-state index is 13.7. The van der Waals surface area contributed by atoms with Crippen LogP contribution in [0.25, 0.3) is 0 Å². The van der Waals surface area contributed by atoms with Crippen molar-refractivity contribution in [2.75, 3.05) is 26.3 Å². The van der Waals surface area contributed by atoms with Gasteiger partial charge in [0.2, 0.25) is 0 Å². The molecule has 0 radical (unpaired) electrons. The molecule has 2 heterocycles. The van der Waals surface area contributed by atoms with Crippen molar-refractivity contribution in [3.8, 4) is 5.75 Å². The molecule has 0 bridgehead atoms. The minimum atomic E-state index is -0.229. The Morgan fingerprint density at radius 1 is 1.17 bits per heavy atom. The van der Waals surface area contributed by atoms with Crippen LogP contribution >= 0.6 is 0 Å². The molecule has 23 heavy (non-hydrogen) atoms. The first kappa shape index (κ1) is 16.7. The van der Waals surface area contributed by atoms with Crippen molar-refractivity contribution in [1.29, 1.82) is 0 Å². The van der Waals surface area contributed by atoms with Crippen LogP contribution in [0.1, 0.15) is 45.6 Å². The molecule has 2 aliphatic rings. The number of ether oxygens (including phenoxy) is 2. The molecule has 128 valence electrons. The average Bonchev–Trinajstić information content (AvgIpc) is 2.95. The second kappa shape index (κ2) is 6.78. The van der Waals surface area contributed by atoms with E-state index in [2.05, 4.69) is 25.7 Å². The molecule has 0 spiro atoms. The Morgan fingerprint density at radius 2 is 1.91 bits per heavy atom. The van der Waals surface area contributed by atoms with Crippen molar-refractivity contribution < 1.29 is 13.9 Å². The van der Waals surface area contributed by atoms with E-state index in [-0.39, 0.29) is 17.3 Å². The first-order valence-corrected chi connectivity index (χ1v) is 8.72. The van der Waals surface area contributed by atoms with Crippen molar-refractivity contribution in [2.45, 2.75) is 57.6 Å². The SMILES string of the molecule is CC(C)(C)c1ccc(F)cc1O[C@@H]1CCN(C2CCOCC2)C1. The van der Waals surface area contributed by atoms with Crippen molar-refractivity contribution in [2.24, 2.45) is 0 Å². The van der Waals surface area contributed by atoms with Gasteiger partial charge in [-0.3, -0.25) is 4.90 Å².